The van der Waals surface area contributed by atoms with Crippen LogP contribution in [-0.2, 0) is 20.0 Å². The molecule has 0 radical (unpaired) electrons. The third-order valence-electron chi connectivity index (χ3n) is 6.31. The van der Waals surface area contributed by atoms with E-state index in [0.717, 1.165) is 11.6 Å². The Morgan fingerprint density at radius 2 is 1.90 bits per heavy atom. The number of ketones is 1. The van der Waals surface area contributed by atoms with E-state index in [4.69, 9.17) is 0 Å². The number of aryl methyl sites for hydroxylation is 1. The summed E-state index contributed by atoms with van der Waals surface area (Å²) in [5, 5.41) is 0. The van der Waals surface area contributed by atoms with E-state index in [2.05, 4.69) is 4.98 Å². The van der Waals surface area contributed by atoms with Crippen LogP contribution in [0.5, 0.6) is 0 Å². The number of sulfone groups is 1. The first-order chi connectivity index (χ1) is 14.3. The third-order valence-corrected chi connectivity index (χ3v) is 8.27. The Morgan fingerprint density at radius 1 is 1.19 bits per heavy atom. The van der Waals surface area contributed by atoms with Crippen LogP contribution in [0, 0.1) is 18.2 Å². The number of pyridine rings is 1. The fourth-order valence-electron chi connectivity index (χ4n) is 4.57. The van der Waals surface area contributed by atoms with Crippen molar-refractivity contribution in [3.05, 3.63) is 53.1 Å². The number of aromatic nitrogens is 1. The molecule has 31 heavy (non-hydrogen) atoms. The first-order valence-corrected chi connectivity index (χ1v) is 12.0. The summed E-state index contributed by atoms with van der Waals surface area (Å²) in [7, 11) is -3.15. The minimum Gasteiger partial charge on any atom is -0.294 e. The van der Waals surface area contributed by atoms with Crippen LogP contribution in [0.2, 0.25) is 0 Å². The average molecular weight is 445 g/mol. The molecule has 0 saturated carbocycles. The van der Waals surface area contributed by atoms with Crippen molar-refractivity contribution in [2.75, 3.05) is 16.4 Å². The van der Waals surface area contributed by atoms with Crippen LogP contribution in [0.1, 0.15) is 55.1 Å². The van der Waals surface area contributed by atoms with Gasteiger partial charge in [0.1, 0.15) is 5.82 Å². The molecular formula is C23H25FN2O4S. The van der Waals surface area contributed by atoms with Crippen LogP contribution < -0.4 is 4.90 Å². The molecule has 0 bridgehead atoms. The summed E-state index contributed by atoms with van der Waals surface area (Å²) in [4.78, 5) is 31.6. The fourth-order valence-corrected chi connectivity index (χ4v) is 6.83. The highest BCUT2D eigenvalue weighted by Crippen LogP contribution is 2.47. The van der Waals surface area contributed by atoms with Gasteiger partial charge in [-0.25, -0.2) is 12.8 Å². The average Bonchev–Trinajstić information content (AvgIpc) is 3.05. The maximum absolute atomic E-state index is 15.3. The normalized spacial score (nSPS) is 23.8. The van der Waals surface area contributed by atoms with Crippen LogP contribution in [0.4, 0.5) is 15.8 Å². The predicted molar refractivity (Wildman–Crippen MR) is 116 cm³/mol. The van der Waals surface area contributed by atoms with Crippen molar-refractivity contribution in [1.82, 2.24) is 4.98 Å². The number of carbonyl (C=O) groups excluding carboxylic acids is 2. The lowest BCUT2D eigenvalue weighted by molar-refractivity contribution is -0.121. The number of amides is 1. The van der Waals surface area contributed by atoms with Crippen molar-refractivity contribution in [3.63, 3.8) is 0 Å². The Bertz CT molecular complexity index is 1220. The fraction of sp³-hybridized carbons (Fsp3) is 0.435. The zero-order chi connectivity index (χ0) is 22.8. The Kier molecular flexibility index (Phi) is 4.85. The topological polar surface area (TPSA) is 84.4 Å². The number of halogens is 1. The van der Waals surface area contributed by atoms with Gasteiger partial charge < -0.3 is 0 Å². The van der Waals surface area contributed by atoms with Crippen molar-refractivity contribution >= 4 is 32.9 Å². The van der Waals surface area contributed by atoms with Gasteiger partial charge in [-0.05, 0) is 61.9 Å². The molecule has 2 aliphatic heterocycles. The predicted octanol–water partition coefficient (Wildman–Crippen LogP) is 3.88. The minimum absolute atomic E-state index is 0.0182. The van der Waals surface area contributed by atoms with Crippen molar-refractivity contribution in [3.8, 4) is 0 Å². The van der Waals surface area contributed by atoms with E-state index >= 15 is 4.39 Å². The van der Waals surface area contributed by atoms with Gasteiger partial charge in [0, 0.05) is 18.2 Å². The number of fused-ring (bicyclic) bond motifs is 1. The molecule has 1 amide bonds. The highest BCUT2D eigenvalue weighted by atomic mass is 32.2. The Balaban J connectivity index is 1.74. The standard InChI is InChI=1S/C23H25FN2O4S/c1-14-7-16(12-25-11-14)26-20-17(22(2,3)21(26)28)8-15(9-18(20)24)19(27)10-23(4)5-6-31(29,30)13-23/h7-9,11-12H,5-6,10,13H2,1-4H3/t23-/m1/s1. The molecule has 1 atom stereocenters. The summed E-state index contributed by atoms with van der Waals surface area (Å²) in [5.41, 5.74) is 0.348. The zero-order valence-electron chi connectivity index (χ0n) is 18.0. The van der Waals surface area contributed by atoms with E-state index in [0.29, 0.717) is 17.7 Å². The van der Waals surface area contributed by atoms with Crippen molar-refractivity contribution < 1.29 is 22.4 Å². The Labute approximate surface area is 181 Å². The van der Waals surface area contributed by atoms with E-state index in [1.807, 2.05) is 6.92 Å². The molecule has 0 aliphatic carbocycles. The van der Waals surface area contributed by atoms with Gasteiger partial charge in [-0.3, -0.25) is 19.5 Å². The summed E-state index contributed by atoms with van der Waals surface area (Å²) in [6, 6.07) is 4.49. The summed E-state index contributed by atoms with van der Waals surface area (Å²) in [6.45, 7) is 7.02. The van der Waals surface area contributed by atoms with Gasteiger partial charge in [-0.15, -0.1) is 0 Å². The molecular weight excluding hydrogens is 419 g/mol. The molecule has 2 aromatic rings. The molecule has 0 unspecified atom stereocenters. The highest BCUT2D eigenvalue weighted by molar-refractivity contribution is 7.91. The van der Waals surface area contributed by atoms with Crippen LogP contribution in [0.25, 0.3) is 0 Å². The maximum atomic E-state index is 15.3. The monoisotopic (exact) mass is 444 g/mol. The molecule has 1 fully saturated rings. The zero-order valence-corrected chi connectivity index (χ0v) is 18.8. The number of benzene rings is 1. The second-order valence-electron chi connectivity index (χ2n) is 9.59. The molecule has 8 heteroatoms. The summed E-state index contributed by atoms with van der Waals surface area (Å²) >= 11 is 0. The summed E-state index contributed by atoms with van der Waals surface area (Å²) in [5.74, 6) is -1.26. The molecule has 6 nitrogen and oxygen atoms in total. The van der Waals surface area contributed by atoms with Gasteiger partial charge in [0.25, 0.3) is 0 Å². The van der Waals surface area contributed by atoms with Crippen LogP contribution in [-0.4, -0.2) is 36.6 Å². The quantitative estimate of drug-likeness (QED) is 0.668. The molecule has 1 saturated heterocycles. The van der Waals surface area contributed by atoms with Crippen molar-refractivity contribution in [2.45, 2.75) is 46.0 Å². The van der Waals surface area contributed by atoms with E-state index in [-0.39, 0.29) is 40.9 Å². The first-order valence-electron chi connectivity index (χ1n) is 10.2. The van der Waals surface area contributed by atoms with E-state index < -0.39 is 26.5 Å². The number of Topliss-reactive ketones (excluding diaryl/α,β-unsaturated/α-hetero) is 1. The van der Waals surface area contributed by atoms with E-state index in [9.17, 15) is 18.0 Å². The molecule has 164 valence electrons. The van der Waals surface area contributed by atoms with Gasteiger partial charge in [0.15, 0.2) is 15.6 Å². The second kappa shape index (κ2) is 6.95. The van der Waals surface area contributed by atoms with Crippen LogP contribution in [0.15, 0.2) is 30.6 Å². The Morgan fingerprint density at radius 3 is 2.52 bits per heavy atom. The lowest BCUT2D eigenvalue weighted by Gasteiger charge is -2.21. The molecule has 0 spiro atoms. The number of rotatable bonds is 4. The SMILES string of the molecule is Cc1cncc(N2C(=O)C(C)(C)c3cc(C(=O)C[C@@]4(C)CCS(=O)(=O)C4)cc(F)c32)c1. The summed E-state index contributed by atoms with van der Waals surface area (Å²) in [6.07, 6.45) is 3.59. The molecule has 3 heterocycles. The van der Waals surface area contributed by atoms with Gasteiger partial charge in [0.2, 0.25) is 5.91 Å². The lowest BCUT2D eigenvalue weighted by Crippen LogP contribution is -2.33. The number of anilines is 2. The lowest BCUT2D eigenvalue weighted by atomic mass is 9.81. The number of carbonyl (C=O) groups is 2. The highest BCUT2D eigenvalue weighted by Gasteiger charge is 2.47. The minimum atomic E-state index is -3.15. The molecule has 1 aromatic carbocycles. The second-order valence-corrected chi connectivity index (χ2v) is 11.8. The van der Waals surface area contributed by atoms with Gasteiger partial charge in [-0.2, -0.15) is 0 Å². The van der Waals surface area contributed by atoms with Crippen molar-refractivity contribution in [2.24, 2.45) is 5.41 Å². The van der Waals surface area contributed by atoms with Gasteiger partial charge in [0.05, 0.1) is 34.5 Å². The largest absolute Gasteiger partial charge is 0.294 e. The van der Waals surface area contributed by atoms with Crippen molar-refractivity contribution in [1.29, 1.82) is 0 Å². The smallest absolute Gasteiger partial charge is 0.241 e. The molecule has 2 aliphatic rings. The Hall–Kier alpha value is -2.61. The van der Waals surface area contributed by atoms with Gasteiger partial charge >= 0.3 is 0 Å². The number of hydrogen-bond donors (Lipinski definition) is 0. The van der Waals surface area contributed by atoms with Gasteiger partial charge in [-0.1, -0.05) is 6.92 Å². The molecule has 0 N–H and O–H groups in total. The third kappa shape index (κ3) is 3.67. The molecule has 4 rings (SSSR count). The van der Waals surface area contributed by atoms with Crippen LogP contribution >= 0.6 is 0 Å². The maximum Gasteiger partial charge on any atom is 0.241 e. The van der Waals surface area contributed by atoms with Crippen LogP contribution in [0.3, 0.4) is 0 Å². The first kappa shape index (κ1) is 21.6. The number of hydrogen-bond acceptors (Lipinski definition) is 5. The van der Waals surface area contributed by atoms with E-state index in [1.165, 1.54) is 11.1 Å². The molecule has 1 aromatic heterocycles. The number of nitrogens with zero attached hydrogens (tertiary/aromatic N) is 2. The van der Waals surface area contributed by atoms with E-state index in [1.54, 1.807) is 39.1 Å². The summed E-state index contributed by atoms with van der Waals surface area (Å²) < 4.78 is 39.1.